The summed E-state index contributed by atoms with van der Waals surface area (Å²) in [5, 5.41) is 46.9. The molecule has 362 valence electrons. The van der Waals surface area contributed by atoms with Gasteiger partial charge in [-0.05, 0) is 105 Å². The number of aromatic hydroxyl groups is 1. The number of carbonyl (C=O) groups is 3. The Morgan fingerprint density at radius 1 is 0.971 bits per heavy atom. The molecule has 17 heteroatoms. The number of aromatic nitrogens is 5. The van der Waals surface area contributed by atoms with Gasteiger partial charge < -0.3 is 50.5 Å². The fraction of sp³-hybridized carbons (Fsp3) is 0.481. The number of urea groups is 1. The van der Waals surface area contributed by atoms with Crippen LogP contribution in [0.15, 0.2) is 67.0 Å². The molecular weight excluding hydrogens is 875 g/mol. The van der Waals surface area contributed by atoms with Gasteiger partial charge in [0.25, 0.3) is 0 Å². The number of aromatic amines is 1. The molecule has 6 N–H and O–H groups in total. The van der Waals surface area contributed by atoms with Gasteiger partial charge in [0.2, 0.25) is 17.8 Å². The van der Waals surface area contributed by atoms with Crippen LogP contribution in [-0.4, -0.2) is 143 Å². The van der Waals surface area contributed by atoms with Crippen LogP contribution in [0.25, 0.3) is 22.3 Å². The van der Waals surface area contributed by atoms with Gasteiger partial charge in [0, 0.05) is 98.4 Å². The predicted octanol–water partition coefficient (Wildman–Crippen LogP) is 4.63. The maximum Gasteiger partial charge on any atom is 0.318 e. The summed E-state index contributed by atoms with van der Waals surface area (Å²) in [5.74, 6) is 2.92. The van der Waals surface area contributed by atoms with E-state index in [1.165, 1.54) is 4.90 Å². The lowest BCUT2D eigenvalue weighted by Crippen LogP contribution is -2.61. The number of fused-ring (bicyclic) bond motifs is 3. The standard InChI is InChI=1S/C52H63N11O6/c1-5-33-10-12-34(13-11-33)28-53-48(67)43-26-38(65)31-63(43)49(68)46(52(3,4)19-25-64)57-51(69)61-22-16-37(17-23-61)60-20-14-35(15-21-60)36-29-54-50(55-30-36)62-24-18-41-45(32(62)2)40-27-42(58-59-47(40)56-41)39-8-6-7-9-44(39)66/h1,6-13,27,29-30,32,35,37-38,43,46,64-66H,14-26,28,31H2,2-4H3,(H,53,67)(H,56,59)(H,57,69)/t32-,38-,43+,46-/m1/s1. The summed E-state index contributed by atoms with van der Waals surface area (Å²) in [6.07, 6.45) is 13.2. The number of rotatable bonds is 12. The molecule has 69 heavy (non-hydrogen) atoms. The second-order valence-corrected chi connectivity index (χ2v) is 19.8. The number of anilines is 1. The lowest BCUT2D eigenvalue weighted by atomic mass is 9.80. The van der Waals surface area contributed by atoms with E-state index in [4.69, 9.17) is 16.4 Å². The smallest absolute Gasteiger partial charge is 0.318 e. The lowest BCUT2D eigenvalue weighted by Gasteiger charge is -2.43. The number of terminal acetylenes is 1. The normalized spacial score (nSPS) is 20.9. The number of para-hydroxylation sites is 1. The Hall–Kier alpha value is -6.61. The molecule has 4 amide bonds. The van der Waals surface area contributed by atoms with E-state index in [-0.39, 0.29) is 50.4 Å². The van der Waals surface area contributed by atoms with Crippen molar-refractivity contribution in [2.45, 2.75) is 108 Å². The first-order valence-corrected chi connectivity index (χ1v) is 24.3. The average molecular weight is 938 g/mol. The summed E-state index contributed by atoms with van der Waals surface area (Å²) in [6.45, 7) is 9.50. The number of carbonyl (C=O) groups excluding carboxylic acids is 3. The van der Waals surface area contributed by atoms with Crippen molar-refractivity contribution in [3.05, 3.63) is 94.9 Å². The Morgan fingerprint density at radius 2 is 1.70 bits per heavy atom. The highest BCUT2D eigenvalue weighted by Crippen LogP contribution is 2.39. The van der Waals surface area contributed by atoms with E-state index in [9.17, 15) is 29.7 Å². The van der Waals surface area contributed by atoms with E-state index in [0.29, 0.717) is 42.3 Å². The van der Waals surface area contributed by atoms with E-state index < -0.39 is 35.4 Å². The number of hydrogen-bond donors (Lipinski definition) is 6. The highest BCUT2D eigenvalue weighted by molar-refractivity contribution is 5.93. The van der Waals surface area contributed by atoms with Gasteiger partial charge in [-0.15, -0.1) is 16.6 Å². The maximum atomic E-state index is 14.4. The molecule has 3 aromatic heterocycles. The SMILES string of the molecule is C#Cc1ccc(CNC(=O)[C@@H]2C[C@@H](O)CN2C(=O)[C@@H](NC(=O)N2CCC(N3CCC(c4cnc(N5CCc6[nH]c7nnc(-c8ccccc8O)cc7c6[C@H]5C)nc4)CC3)CC2)C(C)(C)CCO)cc1. The minimum atomic E-state index is -1.04. The molecule has 5 aromatic rings. The third-order valence-electron chi connectivity index (χ3n) is 15.0. The number of nitrogens with zero attached hydrogens (tertiary/aromatic N) is 8. The number of β-amino-alcohol motifs (C(OH)–C–C–N with tert-alkyl or cyclic N) is 1. The van der Waals surface area contributed by atoms with Crippen LogP contribution in [0.5, 0.6) is 5.75 Å². The first kappa shape index (κ1) is 47.5. The summed E-state index contributed by atoms with van der Waals surface area (Å²) < 4.78 is 0. The third-order valence-corrected chi connectivity index (χ3v) is 15.0. The van der Waals surface area contributed by atoms with Crippen molar-refractivity contribution in [2.24, 2.45) is 5.41 Å². The number of amides is 4. The fourth-order valence-corrected chi connectivity index (χ4v) is 10.9. The predicted molar refractivity (Wildman–Crippen MR) is 261 cm³/mol. The summed E-state index contributed by atoms with van der Waals surface area (Å²) in [4.78, 5) is 63.0. The molecular formula is C52H63N11O6. The molecule has 4 aliphatic rings. The van der Waals surface area contributed by atoms with Crippen LogP contribution in [0, 0.1) is 17.8 Å². The highest BCUT2D eigenvalue weighted by Gasteiger charge is 2.46. The topological polar surface area (TPSA) is 216 Å². The van der Waals surface area contributed by atoms with Crippen LogP contribution >= 0.6 is 0 Å². The van der Waals surface area contributed by atoms with E-state index in [2.05, 4.69) is 48.5 Å². The number of piperidine rings is 2. The van der Waals surface area contributed by atoms with Crippen molar-refractivity contribution in [3.63, 3.8) is 0 Å². The van der Waals surface area contributed by atoms with Gasteiger partial charge in [0.05, 0.1) is 17.8 Å². The molecule has 0 unspecified atom stereocenters. The summed E-state index contributed by atoms with van der Waals surface area (Å²) in [6, 6.07) is 14.4. The van der Waals surface area contributed by atoms with Gasteiger partial charge >= 0.3 is 6.03 Å². The number of hydrogen-bond acceptors (Lipinski definition) is 12. The van der Waals surface area contributed by atoms with E-state index in [1.807, 2.05) is 56.6 Å². The van der Waals surface area contributed by atoms with Gasteiger partial charge in [-0.2, -0.15) is 0 Å². The van der Waals surface area contributed by atoms with Gasteiger partial charge in [-0.1, -0.05) is 44.0 Å². The number of nitrogens with one attached hydrogen (secondary N) is 3. The highest BCUT2D eigenvalue weighted by atomic mass is 16.3. The van der Waals surface area contributed by atoms with Crippen molar-refractivity contribution >= 4 is 34.8 Å². The van der Waals surface area contributed by atoms with E-state index >= 15 is 0 Å². The molecule has 9 rings (SSSR count). The Balaban J connectivity index is 0.773. The molecule has 0 aliphatic carbocycles. The first-order valence-electron chi connectivity index (χ1n) is 24.3. The van der Waals surface area contributed by atoms with Crippen LogP contribution < -0.4 is 15.5 Å². The zero-order valence-corrected chi connectivity index (χ0v) is 39.6. The van der Waals surface area contributed by atoms with Crippen molar-refractivity contribution in [1.29, 1.82) is 0 Å². The molecule has 7 heterocycles. The minimum Gasteiger partial charge on any atom is -0.507 e. The zero-order valence-electron chi connectivity index (χ0n) is 39.6. The average Bonchev–Trinajstić information content (AvgIpc) is 3.95. The summed E-state index contributed by atoms with van der Waals surface area (Å²) in [5.41, 5.74) is 6.11. The second-order valence-electron chi connectivity index (χ2n) is 19.8. The number of aliphatic hydroxyl groups is 2. The first-order chi connectivity index (χ1) is 33.3. The van der Waals surface area contributed by atoms with Crippen LogP contribution in [0.4, 0.5) is 10.7 Å². The van der Waals surface area contributed by atoms with Gasteiger partial charge in [-0.25, -0.2) is 14.8 Å². The van der Waals surface area contributed by atoms with Gasteiger partial charge in [0.15, 0.2) is 5.65 Å². The maximum absolute atomic E-state index is 14.4. The number of phenols is 1. The van der Waals surface area contributed by atoms with Gasteiger partial charge in [-0.3, -0.25) is 9.59 Å². The number of benzene rings is 2. The molecule has 0 bridgehead atoms. The monoisotopic (exact) mass is 937 g/mol. The van der Waals surface area contributed by atoms with Crippen molar-refractivity contribution in [2.75, 3.05) is 50.8 Å². The lowest BCUT2D eigenvalue weighted by molar-refractivity contribution is -0.142. The molecule has 3 saturated heterocycles. The molecule has 0 spiro atoms. The van der Waals surface area contributed by atoms with Crippen LogP contribution in [0.2, 0.25) is 0 Å². The molecule has 17 nitrogen and oxygen atoms in total. The van der Waals surface area contributed by atoms with Crippen molar-refractivity contribution < 1.29 is 29.7 Å². The second kappa shape index (κ2) is 20.2. The van der Waals surface area contributed by atoms with E-state index in [0.717, 1.165) is 90.7 Å². The Morgan fingerprint density at radius 3 is 2.39 bits per heavy atom. The number of H-pyrrole nitrogens is 1. The molecule has 0 saturated carbocycles. The van der Waals surface area contributed by atoms with Crippen LogP contribution in [-0.2, 0) is 22.6 Å². The molecule has 0 radical (unpaired) electrons. The summed E-state index contributed by atoms with van der Waals surface area (Å²) in [7, 11) is 0. The van der Waals surface area contributed by atoms with E-state index in [1.54, 1.807) is 29.2 Å². The number of aliphatic hydroxyl groups excluding tert-OH is 2. The zero-order chi connectivity index (χ0) is 48.4. The number of phenolic OH excluding ortho intramolecular Hbond substituents is 1. The molecule has 2 aromatic carbocycles. The summed E-state index contributed by atoms with van der Waals surface area (Å²) >= 11 is 0. The van der Waals surface area contributed by atoms with Crippen LogP contribution in [0.1, 0.15) is 99.2 Å². The van der Waals surface area contributed by atoms with Gasteiger partial charge in [0.1, 0.15) is 17.8 Å². The molecule has 3 fully saturated rings. The molecule has 4 aliphatic heterocycles. The van der Waals surface area contributed by atoms with Crippen molar-refractivity contribution in [3.8, 4) is 29.4 Å². The molecule has 4 atom stereocenters. The quantitative estimate of drug-likeness (QED) is 0.0945. The third kappa shape index (κ3) is 9.97. The van der Waals surface area contributed by atoms with Crippen molar-refractivity contribution in [1.82, 2.24) is 50.5 Å². The van der Waals surface area contributed by atoms with Crippen LogP contribution in [0.3, 0.4) is 0 Å². The Labute approximate surface area is 402 Å². The minimum absolute atomic E-state index is 0.00842. The fourth-order valence-electron chi connectivity index (χ4n) is 10.9. The largest absolute Gasteiger partial charge is 0.507 e. The number of likely N-dealkylation sites (tertiary alicyclic amines) is 3. The Bertz CT molecular complexity index is 2690. The Kier molecular flexibility index (Phi) is 13.9.